The fraction of sp³-hybridized carbons (Fsp3) is 0.0714. The molecule has 0 atom stereocenters. The lowest BCUT2D eigenvalue weighted by molar-refractivity contribution is 0.0961. The first-order chi connectivity index (χ1) is 9.72. The van der Waals surface area contributed by atoms with Gasteiger partial charge in [0.15, 0.2) is 4.96 Å². The number of nitrogens with zero attached hydrogens (tertiary/aromatic N) is 2. The van der Waals surface area contributed by atoms with Crippen molar-refractivity contribution in [2.24, 2.45) is 0 Å². The summed E-state index contributed by atoms with van der Waals surface area (Å²) in [5.74, 6) is -0.429. The van der Waals surface area contributed by atoms with Crippen molar-refractivity contribution in [2.45, 2.75) is 0 Å². The fourth-order valence-corrected chi connectivity index (χ4v) is 2.85. The molecular weight excluding hydrogens is 274 g/mol. The zero-order valence-corrected chi connectivity index (χ0v) is 11.5. The number of benzene rings is 1. The van der Waals surface area contributed by atoms with Crippen LogP contribution in [0.25, 0.3) is 16.2 Å². The number of thiazole rings is 1. The minimum absolute atomic E-state index is 0.0422. The van der Waals surface area contributed by atoms with Crippen LogP contribution in [0.5, 0.6) is 0 Å². The van der Waals surface area contributed by atoms with Gasteiger partial charge in [0.05, 0.1) is 5.69 Å². The predicted molar refractivity (Wildman–Crippen MR) is 78.2 cm³/mol. The zero-order valence-electron chi connectivity index (χ0n) is 10.7. The number of aromatic nitrogens is 2. The van der Waals surface area contributed by atoms with Gasteiger partial charge in [-0.2, -0.15) is 0 Å². The average molecular weight is 285 g/mol. The van der Waals surface area contributed by atoms with Crippen molar-refractivity contribution in [1.29, 1.82) is 0 Å². The second kappa shape index (κ2) is 4.90. The quantitative estimate of drug-likeness (QED) is 0.780. The van der Waals surface area contributed by atoms with E-state index >= 15 is 0 Å². The molecule has 0 radical (unpaired) electrons. The van der Waals surface area contributed by atoms with E-state index in [4.69, 9.17) is 0 Å². The van der Waals surface area contributed by atoms with E-state index in [1.54, 1.807) is 0 Å². The summed E-state index contributed by atoms with van der Waals surface area (Å²) in [5, 5.41) is 4.32. The molecule has 0 aliphatic heterocycles. The van der Waals surface area contributed by atoms with Crippen molar-refractivity contribution >= 4 is 22.2 Å². The molecule has 0 saturated heterocycles. The lowest BCUT2D eigenvalue weighted by Gasteiger charge is -2.03. The fourth-order valence-electron chi connectivity index (χ4n) is 1.99. The number of carbonyl (C=O) groups is 1. The second-order valence-electron chi connectivity index (χ2n) is 4.16. The number of fused-ring (bicyclic) bond motifs is 1. The molecule has 0 spiro atoms. The van der Waals surface area contributed by atoms with Crippen LogP contribution in [0.3, 0.4) is 0 Å². The van der Waals surface area contributed by atoms with Gasteiger partial charge < -0.3 is 5.32 Å². The van der Waals surface area contributed by atoms with Gasteiger partial charge >= 0.3 is 0 Å². The van der Waals surface area contributed by atoms with Crippen LogP contribution < -0.4 is 10.9 Å². The maximum Gasteiger partial charge on any atom is 0.271 e. The number of nitrogens with one attached hydrogen (secondary N) is 1. The summed E-state index contributed by atoms with van der Waals surface area (Å²) in [5.41, 5.74) is 1.35. The minimum atomic E-state index is -0.429. The lowest BCUT2D eigenvalue weighted by Crippen LogP contribution is -2.29. The highest BCUT2D eigenvalue weighted by Crippen LogP contribution is 2.23. The summed E-state index contributed by atoms with van der Waals surface area (Å²) in [6.45, 7) is 0. The first kappa shape index (κ1) is 12.6. The molecule has 0 unspecified atom stereocenters. The lowest BCUT2D eigenvalue weighted by atomic mass is 10.2. The molecule has 3 aromatic rings. The predicted octanol–water partition coefficient (Wildman–Crippen LogP) is 1.78. The summed E-state index contributed by atoms with van der Waals surface area (Å²) in [6.07, 6.45) is 1.32. The molecule has 20 heavy (non-hydrogen) atoms. The Labute approximate surface area is 118 Å². The van der Waals surface area contributed by atoms with Gasteiger partial charge in [-0.3, -0.25) is 14.0 Å². The summed E-state index contributed by atoms with van der Waals surface area (Å²) in [6, 6.07) is 9.55. The molecule has 1 aromatic carbocycles. The smallest absolute Gasteiger partial charge is 0.271 e. The van der Waals surface area contributed by atoms with Crippen LogP contribution in [0.1, 0.15) is 10.4 Å². The van der Waals surface area contributed by atoms with Crippen molar-refractivity contribution in [3.05, 3.63) is 57.8 Å². The summed E-state index contributed by atoms with van der Waals surface area (Å²) in [7, 11) is 1.49. The van der Waals surface area contributed by atoms with Crippen molar-refractivity contribution < 1.29 is 4.79 Å². The van der Waals surface area contributed by atoms with Crippen LogP contribution in [0.2, 0.25) is 0 Å². The molecule has 0 fully saturated rings. The molecule has 2 aromatic heterocycles. The summed E-state index contributed by atoms with van der Waals surface area (Å²) < 4.78 is 1.48. The van der Waals surface area contributed by atoms with Crippen molar-refractivity contribution in [3.8, 4) is 11.3 Å². The highest BCUT2D eigenvalue weighted by Gasteiger charge is 2.15. The van der Waals surface area contributed by atoms with Gasteiger partial charge in [-0.15, -0.1) is 11.3 Å². The molecule has 6 heteroatoms. The molecule has 1 amide bonds. The Bertz CT molecular complexity index is 836. The van der Waals surface area contributed by atoms with Crippen molar-refractivity contribution in [3.63, 3.8) is 0 Å². The van der Waals surface area contributed by atoms with E-state index in [1.807, 2.05) is 35.7 Å². The molecule has 3 rings (SSSR count). The molecule has 0 aliphatic carbocycles. The number of rotatable bonds is 2. The van der Waals surface area contributed by atoms with Crippen LogP contribution in [-0.4, -0.2) is 22.3 Å². The first-order valence-electron chi connectivity index (χ1n) is 5.99. The largest absolute Gasteiger partial charge is 0.355 e. The summed E-state index contributed by atoms with van der Waals surface area (Å²) in [4.78, 5) is 28.9. The van der Waals surface area contributed by atoms with E-state index in [2.05, 4.69) is 10.3 Å². The zero-order chi connectivity index (χ0) is 14.1. The second-order valence-corrected chi connectivity index (χ2v) is 5.00. The Balaban J connectivity index is 2.31. The van der Waals surface area contributed by atoms with Gasteiger partial charge in [0.25, 0.3) is 11.5 Å². The molecule has 0 saturated carbocycles. The number of carbonyl (C=O) groups excluding carboxylic acids is 1. The third-order valence-electron chi connectivity index (χ3n) is 2.99. The first-order valence-corrected chi connectivity index (χ1v) is 6.87. The third-order valence-corrected chi connectivity index (χ3v) is 3.83. The molecule has 0 bridgehead atoms. The average Bonchev–Trinajstić information content (AvgIpc) is 2.92. The van der Waals surface area contributed by atoms with Gasteiger partial charge in [0.2, 0.25) is 0 Å². The van der Waals surface area contributed by atoms with Crippen LogP contribution >= 0.6 is 11.3 Å². The molecule has 5 nitrogen and oxygen atoms in total. The topological polar surface area (TPSA) is 63.5 Å². The van der Waals surface area contributed by atoms with Crippen LogP contribution in [0.15, 0.2) is 46.7 Å². The van der Waals surface area contributed by atoms with Crippen LogP contribution in [-0.2, 0) is 0 Å². The van der Waals surface area contributed by atoms with Gasteiger partial charge in [-0.25, -0.2) is 4.98 Å². The maximum absolute atomic E-state index is 12.5. The Morgan fingerprint density at radius 1 is 1.30 bits per heavy atom. The highest BCUT2D eigenvalue weighted by atomic mass is 32.1. The van der Waals surface area contributed by atoms with Gasteiger partial charge in [-0.1, -0.05) is 30.3 Å². The normalized spacial score (nSPS) is 10.7. The van der Waals surface area contributed by atoms with Crippen LogP contribution in [0.4, 0.5) is 0 Å². The third kappa shape index (κ3) is 1.90. The number of hydrogen-bond acceptors (Lipinski definition) is 4. The monoisotopic (exact) mass is 285 g/mol. The molecule has 100 valence electrons. The van der Waals surface area contributed by atoms with Crippen molar-refractivity contribution in [1.82, 2.24) is 14.7 Å². The van der Waals surface area contributed by atoms with E-state index < -0.39 is 5.91 Å². The molecule has 1 N–H and O–H groups in total. The van der Waals surface area contributed by atoms with Crippen molar-refractivity contribution in [2.75, 3.05) is 7.05 Å². The van der Waals surface area contributed by atoms with E-state index in [9.17, 15) is 9.59 Å². The van der Waals surface area contributed by atoms with Gasteiger partial charge in [0, 0.05) is 18.6 Å². The van der Waals surface area contributed by atoms with Gasteiger partial charge in [-0.05, 0) is 5.56 Å². The maximum atomic E-state index is 12.5. The Morgan fingerprint density at radius 3 is 2.75 bits per heavy atom. The van der Waals surface area contributed by atoms with E-state index in [1.165, 1.54) is 29.0 Å². The van der Waals surface area contributed by atoms with Crippen LogP contribution in [0, 0.1) is 0 Å². The van der Waals surface area contributed by atoms with Gasteiger partial charge in [0.1, 0.15) is 5.56 Å². The number of amides is 1. The Kier molecular flexibility index (Phi) is 3.08. The minimum Gasteiger partial charge on any atom is -0.355 e. The van der Waals surface area contributed by atoms with E-state index in [0.717, 1.165) is 11.3 Å². The Morgan fingerprint density at radius 2 is 2.05 bits per heavy atom. The standard InChI is InChI=1S/C14H11N3O2S/c1-15-12(18)10-7-16-14-17(13(10)19)11(8-20-14)9-5-3-2-4-6-9/h2-8H,1H3,(H,15,18). The summed E-state index contributed by atoms with van der Waals surface area (Å²) >= 11 is 1.37. The molecular formula is C14H11N3O2S. The van der Waals surface area contributed by atoms with E-state index in [0.29, 0.717) is 4.96 Å². The van der Waals surface area contributed by atoms with E-state index in [-0.39, 0.29) is 11.1 Å². The molecule has 0 aliphatic rings. The number of hydrogen-bond donors (Lipinski definition) is 1. The highest BCUT2D eigenvalue weighted by molar-refractivity contribution is 7.15. The SMILES string of the molecule is CNC(=O)c1cnc2scc(-c3ccccc3)n2c1=O. The Hall–Kier alpha value is -2.47. The molecule has 2 heterocycles.